The molecule has 2 N–H and O–H groups in total. The smallest absolute Gasteiger partial charge is 0.338 e. The molecule has 1 unspecified atom stereocenters. The molecule has 2 amide bonds. The van der Waals surface area contributed by atoms with Gasteiger partial charge in [0.25, 0.3) is 0 Å². The van der Waals surface area contributed by atoms with E-state index >= 15 is 0 Å². The van der Waals surface area contributed by atoms with Crippen molar-refractivity contribution in [1.29, 1.82) is 0 Å². The number of carbonyl (C=O) groups is 2. The SMILES string of the molecule is CCOC(=O)C1=C(c2ccccc2)NC(=O)NC1c1ccc(OCc2cc(C)ccc2C)c(OC)c1. The van der Waals surface area contributed by atoms with E-state index in [4.69, 9.17) is 14.2 Å². The van der Waals surface area contributed by atoms with Crippen LogP contribution in [0.5, 0.6) is 11.5 Å². The molecule has 0 saturated heterocycles. The van der Waals surface area contributed by atoms with Gasteiger partial charge in [0.1, 0.15) is 6.61 Å². The largest absolute Gasteiger partial charge is 0.493 e. The minimum Gasteiger partial charge on any atom is -0.493 e. The van der Waals surface area contributed by atoms with Crippen molar-refractivity contribution in [2.45, 2.75) is 33.4 Å². The third-order valence-corrected chi connectivity index (χ3v) is 6.04. The van der Waals surface area contributed by atoms with Crippen molar-refractivity contribution in [3.63, 3.8) is 0 Å². The van der Waals surface area contributed by atoms with E-state index in [9.17, 15) is 9.59 Å². The van der Waals surface area contributed by atoms with E-state index in [1.54, 1.807) is 26.2 Å². The van der Waals surface area contributed by atoms with Crippen LogP contribution in [0, 0.1) is 13.8 Å². The molecule has 0 radical (unpaired) electrons. The molecule has 4 rings (SSSR count). The third kappa shape index (κ3) is 5.35. The zero-order chi connectivity index (χ0) is 25.7. The standard InChI is InChI=1S/C29H30N2O5/c1-5-35-28(32)25-26(20-9-7-6-8-10-20)30-29(33)31-27(25)21-13-14-23(24(16-21)34-4)36-17-22-15-18(2)11-12-19(22)3/h6-16,27H,5,17H2,1-4H3,(H2,30,31,33). The monoisotopic (exact) mass is 486 g/mol. The van der Waals surface area contributed by atoms with E-state index < -0.39 is 18.0 Å². The maximum absolute atomic E-state index is 13.1. The van der Waals surface area contributed by atoms with Gasteiger partial charge in [0.05, 0.1) is 31.0 Å². The highest BCUT2D eigenvalue weighted by Crippen LogP contribution is 2.37. The molecule has 1 aliphatic rings. The lowest BCUT2D eigenvalue weighted by Gasteiger charge is -2.30. The van der Waals surface area contributed by atoms with Crippen LogP contribution in [0.1, 0.15) is 40.8 Å². The fourth-order valence-corrected chi connectivity index (χ4v) is 4.17. The Balaban J connectivity index is 1.71. The van der Waals surface area contributed by atoms with Crippen molar-refractivity contribution in [1.82, 2.24) is 10.6 Å². The first-order valence-corrected chi connectivity index (χ1v) is 11.8. The third-order valence-electron chi connectivity index (χ3n) is 6.04. The van der Waals surface area contributed by atoms with E-state index in [-0.39, 0.29) is 6.61 Å². The highest BCUT2D eigenvalue weighted by Gasteiger charge is 2.34. The fraction of sp³-hybridized carbons (Fsp3) is 0.241. The van der Waals surface area contributed by atoms with Crippen LogP contribution < -0.4 is 20.1 Å². The van der Waals surface area contributed by atoms with Crippen LogP contribution in [0.25, 0.3) is 5.70 Å². The molecule has 7 nitrogen and oxygen atoms in total. The molecule has 7 heteroatoms. The number of amides is 2. The molecule has 1 aliphatic heterocycles. The van der Waals surface area contributed by atoms with Gasteiger partial charge in [-0.05, 0) is 55.2 Å². The number of methoxy groups -OCH3 is 1. The second-order valence-corrected chi connectivity index (χ2v) is 8.54. The summed E-state index contributed by atoms with van der Waals surface area (Å²) in [4.78, 5) is 25.7. The number of esters is 1. The van der Waals surface area contributed by atoms with Crippen molar-refractivity contribution in [2.24, 2.45) is 0 Å². The summed E-state index contributed by atoms with van der Waals surface area (Å²) in [7, 11) is 1.56. The number of aryl methyl sites for hydroxylation is 2. The average Bonchev–Trinajstić information content (AvgIpc) is 2.89. The first kappa shape index (κ1) is 24.9. The number of urea groups is 1. The van der Waals surface area contributed by atoms with Crippen LogP contribution in [0.3, 0.4) is 0 Å². The Kier molecular flexibility index (Phi) is 7.59. The molecule has 0 spiro atoms. The lowest BCUT2D eigenvalue weighted by molar-refractivity contribution is -0.138. The van der Waals surface area contributed by atoms with E-state index in [0.29, 0.717) is 40.5 Å². The molecule has 0 fully saturated rings. The predicted molar refractivity (Wildman–Crippen MR) is 138 cm³/mol. The van der Waals surface area contributed by atoms with Crippen LogP contribution >= 0.6 is 0 Å². The topological polar surface area (TPSA) is 85.9 Å². The number of carbonyl (C=O) groups excluding carboxylic acids is 2. The van der Waals surface area contributed by atoms with Gasteiger partial charge in [0.15, 0.2) is 11.5 Å². The van der Waals surface area contributed by atoms with Crippen LogP contribution in [0.15, 0.2) is 72.3 Å². The van der Waals surface area contributed by atoms with Gasteiger partial charge in [0.2, 0.25) is 0 Å². The fourth-order valence-electron chi connectivity index (χ4n) is 4.17. The molecule has 0 saturated carbocycles. The summed E-state index contributed by atoms with van der Waals surface area (Å²) in [6, 6.07) is 19.7. The Labute approximate surface area is 211 Å². The highest BCUT2D eigenvalue weighted by atomic mass is 16.5. The highest BCUT2D eigenvalue weighted by molar-refractivity contribution is 6.04. The first-order chi connectivity index (χ1) is 17.4. The molecule has 186 valence electrons. The number of nitrogens with one attached hydrogen (secondary N) is 2. The quantitative estimate of drug-likeness (QED) is 0.427. The van der Waals surface area contributed by atoms with Gasteiger partial charge < -0.3 is 24.8 Å². The number of benzene rings is 3. The molecule has 0 aromatic heterocycles. The molecule has 36 heavy (non-hydrogen) atoms. The van der Waals surface area contributed by atoms with Gasteiger partial charge in [-0.1, -0.05) is 60.2 Å². The van der Waals surface area contributed by atoms with E-state index in [1.165, 1.54) is 0 Å². The Morgan fingerprint density at radius 3 is 2.47 bits per heavy atom. The maximum Gasteiger partial charge on any atom is 0.338 e. The molecular formula is C29H30N2O5. The molecule has 1 heterocycles. The van der Waals surface area contributed by atoms with Crippen LogP contribution in [0.2, 0.25) is 0 Å². The summed E-state index contributed by atoms with van der Waals surface area (Å²) in [6.45, 7) is 6.43. The molecule has 3 aromatic carbocycles. The number of hydrogen-bond donors (Lipinski definition) is 2. The Hall–Kier alpha value is -4.26. The van der Waals surface area contributed by atoms with Gasteiger partial charge in [-0.15, -0.1) is 0 Å². The Morgan fingerprint density at radius 1 is 0.972 bits per heavy atom. The Bertz CT molecular complexity index is 1300. The van der Waals surface area contributed by atoms with Gasteiger partial charge in [-0.2, -0.15) is 0 Å². The summed E-state index contributed by atoms with van der Waals surface area (Å²) in [5, 5.41) is 5.64. The molecule has 0 bridgehead atoms. The lowest BCUT2D eigenvalue weighted by Crippen LogP contribution is -2.45. The Morgan fingerprint density at radius 2 is 1.75 bits per heavy atom. The number of hydrogen-bond acceptors (Lipinski definition) is 5. The van der Waals surface area contributed by atoms with Crippen molar-refractivity contribution >= 4 is 17.7 Å². The van der Waals surface area contributed by atoms with Crippen molar-refractivity contribution < 1.29 is 23.8 Å². The first-order valence-electron chi connectivity index (χ1n) is 11.8. The molecule has 3 aromatic rings. The lowest BCUT2D eigenvalue weighted by atomic mass is 9.92. The van der Waals surface area contributed by atoms with Crippen LogP contribution in [0.4, 0.5) is 4.79 Å². The van der Waals surface area contributed by atoms with Gasteiger partial charge in [0, 0.05) is 0 Å². The summed E-state index contributed by atoms with van der Waals surface area (Å²) < 4.78 is 17.1. The summed E-state index contributed by atoms with van der Waals surface area (Å²) in [5.74, 6) is 0.547. The van der Waals surface area contributed by atoms with Crippen molar-refractivity contribution in [3.05, 3.63) is 100 Å². The molecular weight excluding hydrogens is 456 g/mol. The zero-order valence-corrected chi connectivity index (χ0v) is 20.9. The number of rotatable bonds is 8. The van der Waals surface area contributed by atoms with Gasteiger partial charge >= 0.3 is 12.0 Å². The zero-order valence-electron chi connectivity index (χ0n) is 20.9. The minimum absolute atomic E-state index is 0.208. The van der Waals surface area contributed by atoms with Crippen LogP contribution in [-0.2, 0) is 16.1 Å². The molecule has 0 aliphatic carbocycles. The van der Waals surface area contributed by atoms with E-state index in [2.05, 4.69) is 28.8 Å². The maximum atomic E-state index is 13.1. The van der Waals surface area contributed by atoms with Crippen molar-refractivity contribution in [3.8, 4) is 11.5 Å². The van der Waals surface area contributed by atoms with Gasteiger partial charge in [-0.3, -0.25) is 0 Å². The average molecular weight is 487 g/mol. The number of ether oxygens (including phenoxy) is 3. The van der Waals surface area contributed by atoms with Crippen molar-refractivity contribution in [2.75, 3.05) is 13.7 Å². The summed E-state index contributed by atoms with van der Waals surface area (Å²) in [5.41, 5.74) is 5.50. The minimum atomic E-state index is -0.741. The van der Waals surface area contributed by atoms with E-state index in [0.717, 1.165) is 16.7 Å². The molecule has 1 atom stereocenters. The van der Waals surface area contributed by atoms with Gasteiger partial charge in [-0.25, -0.2) is 9.59 Å². The summed E-state index contributed by atoms with van der Waals surface area (Å²) in [6.07, 6.45) is 0. The van der Waals surface area contributed by atoms with Crippen LogP contribution in [-0.4, -0.2) is 25.7 Å². The normalized spacial score (nSPS) is 15.1. The second-order valence-electron chi connectivity index (χ2n) is 8.54. The summed E-state index contributed by atoms with van der Waals surface area (Å²) >= 11 is 0. The second kappa shape index (κ2) is 11.0. The van der Waals surface area contributed by atoms with E-state index in [1.807, 2.05) is 50.2 Å². The predicted octanol–water partition coefficient (Wildman–Crippen LogP) is 5.22.